The summed E-state index contributed by atoms with van der Waals surface area (Å²) in [7, 11) is 2.07. The van der Waals surface area contributed by atoms with Crippen molar-refractivity contribution in [2.24, 2.45) is 5.92 Å². The topological polar surface area (TPSA) is 24.5 Å². The highest BCUT2D eigenvalue weighted by atomic mass is 16.5. The van der Waals surface area contributed by atoms with Crippen LogP contribution in [0.15, 0.2) is 24.3 Å². The second kappa shape index (κ2) is 6.91. The average molecular weight is 288 g/mol. The fourth-order valence-corrected chi connectivity index (χ4v) is 3.73. The van der Waals surface area contributed by atoms with Crippen molar-refractivity contribution >= 4 is 0 Å². The molecule has 116 valence electrons. The van der Waals surface area contributed by atoms with Crippen LogP contribution >= 0.6 is 0 Å². The van der Waals surface area contributed by atoms with Gasteiger partial charge in [-0.1, -0.05) is 24.3 Å². The van der Waals surface area contributed by atoms with E-state index in [0.29, 0.717) is 6.04 Å². The molecule has 2 atom stereocenters. The number of nitrogens with one attached hydrogen (secondary N) is 1. The lowest BCUT2D eigenvalue weighted by Gasteiger charge is -2.37. The first kappa shape index (κ1) is 15.0. The Hall–Kier alpha value is -0.900. The van der Waals surface area contributed by atoms with Crippen LogP contribution in [0.2, 0.25) is 0 Å². The molecule has 0 aromatic heterocycles. The van der Waals surface area contributed by atoms with Crippen molar-refractivity contribution in [2.45, 2.75) is 38.3 Å². The normalized spacial score (nSPS) is 25.5. The maximum absolute atomic E-state index is 6.05. The Morgan fingerprint density at radius 2 is 2.05 bits per heavy atom. The summed E-state index contributed by atoms with van der Waals surface area (Å²) < 4.78 is 6.05. The number of benzene rings is 1. The molecule has 2 unspecified atom stereocenters. The summed E-state index contributed by atoms with van der Waals surface area (Å²) >= 11 is 0. The van der Waals surface area contributed by atoms with Crippen LogP contribution in [0.4, 0.5) is 0 Å². The lowest BCUT2D eigenvalue weighted by Crippen LogP contribution is -2.42. The van der Waals surface area contributed by atoms with E-state index >= 15 is 0 Å². The lowest BCUT2D eigenvalue weighted by atomic mass is 9.90. The quantitative estimate of drug-likeness (QED) is 0.922. The number of nitrogens with zero attached hydrogens (tertiary/aromatic N) is 1. The molecule has 1 fully saturated rings. The van der Waals surface area contributed by atoms with Gasteiger partial charge < -0.3 is 15.0 Å². The zero-order valence-electron chi connectivity index (χ0n) is 13.3. The van der Waals surface area contributed by atoms with Gasteiger partial charge in [-0.05, 0) is 63.4 Å². The van der Waals surface area contributed by atoms with E-state index in [1.807, 2.05) is 0 Å². The Morgan fingerprint density at radius 3 is 2.81 bits per heavy atom. The van der Waals surface area contributed by atoms with E-state index in [1.165, 1.54) is 37.1 Å². The maximum Gasteiger partial charge on any atom is 0.0954 e. The van der Waals surface area contributed by atoms with Crippen molar-refractivity contribution in [1.29, 1.82) is 0 Å². The van der Waals surface area contributed by atoms with Gasteiger partial charge in [0.05, 0.1) is 12.7 Å². The van der Waals surface area contributed by atoms with Crippen LogP contribution in [-0.2, 0) is 11.2 Å². The molecule has 1 saturated heterocycles. The fourth-order valence-electron chi connectivity index (χ4n) is 3.73. The van der Waals surface area contributed by atoms with Gasteiger partial charge in [0.25, 0.3) is 0 Å². The van der Waals surface area contributed by atoms with Gasteiger partial charge in [0.15, 0.2) is 0 Å². The van der Waals surface area contributed by atoms with Crippen LogP contribution in [0, 0.1) is 5.92 Å². The zero-order chi connectivity index (χ0) is 14.7. The summed E-state index contributed by atoms with van der Waals surface area (Å²) in [6.07, 6.45) is 3.94. The Kier molecular flexibility index (Phi) is 4.94. The highest BCUT2D eigenvalue weighted by Crippen LogP contribution is 2.29. The predicted molar refractivity (Wildman–Crippen MR) is 86.5 cm³/mol. The summed E-state index contributed by atoms with van der Waals surface area (Å²) in [5.74, 6) is 0.825. The van der Waals surface area contributed by atoms with Gasteiger partial charge in [-0.15, -0.1) is 0 Å². The maximum atomic E-state index is 6.05. The molecule has 2 aliphatic heterocycles. The van der Waals surface area contributed by atoms with Gasteiger partial charge in [-0.2, -0.15) is 0 Å². The Balaban J connectivity index is 1.57. The summed E-state index contributed by atoms with van der Waals surface area (Å²) in [5.41, 5.74) is 2.89. The number of fused-ring (bicyclic) bond motifs is 1. The molecular formula is C18H28N2O. The Morgan fingerprint density at radius 1 is 1.29 bits per heavy atom. The first-order valence-electron chi connectivity index (χ1n) is 8.37. The third-order valence-electron chi connectivity index (χ3n) is 5.31. The van der Waals surface area contributed by atoms with Crippen LogP contribution < -0.4 is 5.32 Å². The molecule has 21 heavy (non-hydrogen) atoms. The van der Waals surface area contributed by atoms with Crippen LogP contribution in [0.25, 0.3) is 0 Å². The number of piperidine rings is 1. The van der Waals surface area contributed by atoms with E-state index in [9.17, 15) is 0 Å². The van der Waals surface area contributed by atoms with Crippen molar-refractivity contribution in [3.05, 3.63) is 35.4 Å². The second-order valence-electron chi connectivity index (χ2n) is 6.52. The zero-order valence-corrected chi connectivity index (χ0v) is 13.3. The van der Waals surface area contributed by atoms with E-state index in [1.54, 1.807) is 0 Å². The number of hydrogen-bond acceptors (Lipinski definition) is 3. The second-order valence-corrected chi connectivity index (χ2v) is 6.52. The van der Waals surface area contributed by atoms with Crippen molar-refractivity contribution in [1.82, 2.24) is 10.2 Å². The molecular weight excluding hydrogens is 260 g/mol. The van der Waals surface area contributed by atoms with Gasteiger partial charge in [-0.25, -0.2) is 0 Å². The summed E-state index contributed by atoms with van der Waals surface area (Å²) in [6, 6.07) is 9.42. The van der Waals surface area contributed by atoms with Crippen molar-refractivity contribution in [3.63, 3.8) is 0 Å². The molecule has 2 heterocycles. The summed E-state index contributed by atoms with van der Waals surface area (Å²) in [4.78, 5) is 2.59. The number of rotatable bonds is 4. The van der Waals surface area contributed by atoms with Gasteiger partial charge in [-0.3, -0.25) is 0 Å². The van der Waals surface area contributed by atoms with Crippen molar-refractivity contribution < 1.29 is 4.74 Å². The third kappa shape index (κ3) is 3.47. The van der Waals surface area contributed by atoms with Crippen LogP contribution in [-0.4, -0.2) is 44.2 Å². The minimum absolute atomic E-state index is 0.272. The molecule has 0 bridgehead atoms. The molecule has 3 heteroatoms. The molecule has 1 aromatic rings. The van der Waals surface area contributed by atoms with Crippen LogP contribution in [0.5, 0.6) is 0 Å². The highest BCUT2D eigenvalue weighted by Gasteiger charge is 2.27. The highest BCUT2D eigenvalue weighted by molar-refractivity contribution is 5.31. The largest absolute Gasteiger partial charge is 0.372 e. The molecule has 0 saturated carbocycles. The molecule has 3 nitrogen and oxygen atoms in total. The summed E-state index contributed by atoms with van der Waals surface area (Å²) in [6.45, 7) is 6.64. The minimum Gasteiger partial charge on any atom is -0.372 e. The van der Waals surface area contributed by atoms with Gasteiger partial charge in [0, 0.05) is 12.6 Å². The van der Waals surface area contributed by atoms with Gasteiger partial charge in [0.2, 0.25) is 0 Å². The standard InChI is InChI=1S/C18H28N2O/c1-14(19-2)15-7-10-20(11-8-15)13-18-17-6-4-3-5-16(17)9-12-21-18/h3-6,14-15,18-19H,7-13H2,1-2H3. The van der Waals surface area contributed by atoms with E-state index in [4.69, 9.17) is 4.74 Å². The number of ether oxygens (including phenoxy) is 1. The molecule has 1 N–H and O–H groups in total. The lowest BCUT2D eigenvalue weighted by molar-refractivity contribution is 0.00748. The third-order valence-corrected chi connectivity index (χ3v) is 5.31. The van der Waals surface area contributed by atoms with Crippen molar-refractivity contribution in [2.75, 3.05) is 33.3 Å². The molecule has 0 spiro atoms. The van der Waals surface area contributed by atoms with Gasteiger partial charge >= 0.3 is 0 Å². The molecule has 3 rings (SSSR count). The van der Waals surface area contributed by atoms with E-state index < -0.39 is 0 Å². The van der Waals surface area contributed by atoms with Crippen molar-refractivity contribution in [3.8, 4) is 0 Å². The van der Waals surface area contributed by atoms with Crippen LogP contribution in [0.3, 0.4) is 0 Å². The number of likely N-dealkylation sites (tertiary alicyclic amines) is 1. The van der Waals surface area contributed by atoms with Gasteiger partial charge in [0.1, 0.15) is 0 Å². The molecule has 1 aromatic carbocycles. The fraction of sp³-hybridized carbons (Fsp3) is 0.667. The smallest absolute Gasteiger partial charge is 0.0954 e. The van der Waals surface area contributed by atoms with E-state index in [-0.39, 0.29) is 6.10 Å². The molecule has 2 aliphatic rings. The monoisotopic (exact) mass is 288 g/mol. The van der Waals surface area contributed by atoms with E-state index in [2.05, 4.69) is 48.5 Å². The Bertz CT molecular complexity index is 454. The molecule has 0 radical (unpaired) electrons. The predicted octanol–water partition coefficient (Wildman–Crippen LogP) is 2.62. The first-order valence-corrected chi connectivity index (χ1v) is 8.37. The van der Waals surface area contributed by atoms with E-state index in [0.717, 1.165) is 25.5 Å². The first-order chi connectivity index (χ1) is 10.3. The Labute approximate surface area is 128 Å². The number of hydrogen-bond donors (Lipinski definition) is 1. The average Bonchev–Trinajstić information content (AvgIpc) is 2.55. The molecule has 0 aliphatic carbocycles. The molecule has 0 amide bonds. The summed E-state index contributed by atoms with van der Waals surface area (Å²) in [5, 5.41) is 3.40. The SMILES string of the molecule is CNC(C)C1CCN(CC2OCCc3ccccc32)CC1. The van der Waals surface area contributed by atoms with Crippen LogP contribution in [0.1, 0.15) is 37.0 Å². The minimum atomic E-state index is 0.272.